The summed E-state index contributed by atoms with van der Waals surface area (Å²) in [4.78, 5) is 14.3. The monoisotopic (exact) mass is 320 g/mol. The molecule has 1 aromatic rings. The number of hydrogen-bond donors (Lipinski definition) is 1. The summed E-state index contributed by atoms with van der Waals surface area (Å²) in [7, 11) is 0. The van der Waals surface area contributed by atoms with E-state index in [0.29, 0.717) is 6.54 Å². The molecule has 2 atom stereocenters. The molecule has 0 saturated carbocycles. The number of nitrogens with zero attached hydrogens (tertiary/aromatic N) is 3. The average molecular weight is 320 g/mol. The summed E-state index contributed by atoms with van der Waals surface area (Å²) in [5.41, 5.74) is 1.11. The molecule has 2 saturated heterocycles. The Labute approximate surface area is 138 Å². The summed E-state index contributed by atoms with van der Waals surface area (Å²) >= 11 is 0. The second-order valence-corrected chi connectivity index (χ2v) is 7.46. The maximum Gasteiger partial charge on any atom is 0.317 e. The largest absolute Gasteiger partial charge is 0.371 e. The molecule has 2 aliphatic heterocycles. The molecule has 23 heavy (non-hydrogen) atoms. The fourth-order valence-corrected chi connectivity index (χ4v) is 3.52. The number of urea groups is 1. The van der Waals surface area contributed by atoms with Gasteiger partial charge in [-0.1, -0.05) is 0 Å². The lowest BCUT2D eigenvalue weighted by molar-refractivity contribution is -0.0136. The zero-order chi connectivity index (χ0) is 16.4. The fourth-order valence-electron chi connectivity index (χ4n) is 3.52. The number of piperidine rings is 1. The van der Waals surface area contributed by atoms with Gasteiger partial charge in [0.2, 0.25) is 0 Å². The van der Waals surface area contributed by atoms with Gasteiger partial charge in [-0.25, -0.2) is 4.79 Å². The van der Waals surface area contributed by atoms with E-state index >= 15 is 0 Å². The Morgan fingerprint density at radius 3 is 2.96 bits per heavy atom. The van der Waals surface area contributed by atoms with Gasteiger partial charge in [-0.2, -0.15) is 5.10 Å². The normalized spacial score (nSPS) is 27.2. The molecule has 0 spiro atoms. The summed E-state index contributed by atoms with van der Waals surface area (Å²) in [5, 5.41) is 7.44. The van der Waals surface area contributed by atoms with E-state index in [1.165, 1.54) is 0 Å². The zero-order valence-electron chi connectivity index (χ0n) is 14.4. The topological polar surface area (TPSA) is 59.4 Å². The molecular formula is C17H28N4O2. The first-order valence-electron chi connectivity index (χ1n) is 8.64. The highest BCUT2D eigenvalue weighted by Gasteiger charge is 2.32. The van der Waals surface area contributed by atoms with Gasteiger partial charge < -0.3 is 15.0 Å². The lowest BCUT2D eigenvalue weighted by Gasteiger charge is -2.33. The molecule has 2 aliphatic rings. The number of ether oxygens (including phenoxy) is 1. The average Bonchev–Trinajstić information content (AvgIpc) is 3.10. The van der Waals surface area contributed by atoms with Crippen LogP contribution in [-0.2, 0) is 4.74 Å². The van der Waals surface area contributed by atoms with Gasteiger partial charge in [0.25, 0.3) is 0 Å². The van der Waals surface area contributed by atoms with Crippen LogP contribution in [0.15, 0.2) is 12.4 Å². The molecule has 0 radical (unpaired) electrons. The van der Waals surface area contributed by atoms with E-state index in [1.807, 2.05) is 22.7 Å². The third-order valence-corrected chi connectivity index (χ3v) is 4.82. The van der Waals surface area contributed by atoms with Crippen LogP contribution in [-0.4, -0.2) is 52.1 Å². The van der Waals surface area contributed by atoms with Crippen molar-refractivity contribution in [2.75, 3.05) is 19.6 Å². The van der Waals surface area contributed by atoms with Gasteiger partial charge in [-0.05, 0) is 52.0 Å². The molecule has 6 nitrogen and oxygen atoms in total. The van der Waals surface area contributed by atoms with E-state index in [0.717, 1.165) is 44.3 Å². The number of nitrogens with one attached hydrogen (secondary N) is 1. The van der Waals surface area contributed by atoms with Crippen LogP contribution in [0, 0.1) is 6.92 Å². The standard InChI is InChI=1S/C17H28N4O2/c1-13-9-19-21(11-13)14-5-4-8-20(12-14)16(22)18-10-15-6-7-17(2,3)23-15/h9,11,14-15H,4-8,10,12H2,1-3H3,(H,18,22)/t14-,15-/m1/s1. The summed E-state index contributed by atoms with van der Waals surface area (Å²) < 4.78 is 7.93. The first-order valence-corrected chi connectivity index (χ1v) is 8.64. The van der Waals surface area contributed by atoms with Gasteiger partial charge in [-0.3, -0.25) is 4.68 Å². The number of aromatic nitrogens is 2. The molecule has 2 fully saturated rings. The minimum atomic E-state index is -0.0520. The number of carbonyl (C=O) groups excluding carboxylic acids is 1. The summed E-state index contributed by atoms with van der Waals surface area (Å²) in [6.07, 6.45) is 8.23. The number of amides is 2. The highest BCUT2D eigenvalue weighted by Crippen LogP contribution is 2.29. The lowest BCUT2D eigenvalue weighted by Crippen LogP contribution is -2.47. The fraction of sp³-hybridized carbons (Fsp3) is 0.765. The van der Waals surface area contributed by atoms with Crippen molar-refractivity contribution in [2.24, 2.45) is 0 Å². The molecule has 3 rings (SSSR count). The number of hydrogen-bond acceptors (Lipinski definition) is 3. The molecule has 6 heteroatoms. The van der Waals surface area contributed by atoms with Crippen molar-refractivity contribution in [2.45, 2.75) is 64.2 Å². The molecule has 0 aromatic carbocycles. The van der Waals surface area contributed by atoms with Gasteiger partial charge in [0.15, 0.2) is 0 Å². The lowest BCUT2D eigenvalue weighted by atomic mass is 10.1. The Morgan fingerprint density at radius 1 is 1.48 bits per heavy atom. The molecule has 0 aliphatic carbocycles. The first kappa shape index (κ1) is 16.3. The number of carbonyl (C=O) groups is 1. The van der Waals surface area contributed by atoms with Crippen molar-refractivity contribution in [1.82, 2.24) is 20.0 Å². The van der Waals surface area contributed by atoms with Crippen molar-refractivity contribution in [3.63, 3.8) is 0 Å². The van der Waals surface area contributed by atoms with Crippen molar-refractivity contribution < 1.29 is 9.53 Å². The second kappa shape index (κ2) is 6.51. The summed E-state index contributed by atoms with van der Waals surface area (Å²) in [6, 6.07) is 0.303. The predicted molar refractivity (Wildman–Crippen MR) is 88.4 cm³/mol. The van der Waals surface area contributed by atoms with E-state index in [1.54, 1.807) is 0 Å². The maximum absolute atomic E-state index is 12.4. The van der Waals surface area contributed by atoms with Crippen LogP contribution in [0.25, 0.3) is 0 Å². The molecule has 0 bridgehead atoms. The van der Waals surface area contributed by atoms with E-state index in [9.17, 15) is 4.79 Å². The Bertz CT molecular complexity index is 555. The van der Waals surface area contributed by atoms with Crippen molar-refractivity contribution in [1.29, 1.82) is 0 Å². The Hall–Kier alpha value is -1.56. The van der Waals surface area contributed by atoms with Crippen LogP contribution in [0.1, 0.15) is 51.1 Å². The van der Waals surface area contributed by atoms with E-state index in [4.69, 9.17) is 4.74 Å². The van der Waals surface area contributed by atoms with E-state index in [2.05, 4.69) is 30.5 Å². The van der Waals surface area contributed by atoms with E-state index in [-0.39, 0.29) is 23.8 Å². The molecule has 0 unspecified atom stereocenters. The Morgan fingerprint density at radius 2 is 2.30 bits per heavy atom. The van der Waals surface area contributed by atoms with Gasteiger partial charge in [0, 0.05) is 25.8 Å². The quantitative estimate of drug-likeness (QED) is 0.931. The number of likely N-dealkylation sites (tertiary alicyclic amines) is 1. The van der Waals surface area contributed by atoms with Crippen molar-refractivity contribution in [3.05, 3.63) is 18.0 Å². The van der Waals surface area contributed by atoms with Gasteiger partial charge in [-0.15, -0.1) is 0 Å². The first-order chi connectivity index (χ1) is 10.9. The van der Waals surface area contributed by atoms with Crippen LogP contribution in [0.3, 0.4) is 0 Å². The van der Waals surface area contributed by atoms with Crippen LogP contribution in [0.2, 0.25) is 0 Å². The van der Waals surface area contributed by atoms with Crippen LogP contribution < -0.4 is 5.32 Å². The highest BCUT2D eigenvalue weighted by atomic mass is 16.5. The third kappa shape index (κ3) is 4.05. The maximum atomic E-state index is 12.4. The molecule has 1 aromatic heterocycles. The number of aryl methyl sites for hydroxylation is 1. The van der Waals surface area contributed by atoms with Gasteiger partial charge in [0.05, 0.1) is 23.9 Å². The summed E-state index contributed by atoms with van der Waals surface area (Å²) in [5.74, 6) is 0. The molecule has 128 valence electrons. The molecule has 2 amide bonds. The third-order valence-electron chi connectivity index (χ3n) is 4.82. The van der Waals surface area contributed by atoms with Gasteiger partial charge >= 0.3 is 6.03 Å². The minimum absolute atomic E-state index is 0.0203. The Kier molecular flexibility index (Phi) is 4.62. The smallest absolute Gasteiger partial charge is 0.317 e. The van der Waals surface area contributed by atoms with Crippen LogP contribution in [0.4, 0.5) is 4.79 Å². The number of rotatable bonds is 3. The predicted octanol–water partition coefficient (Wildman–Crippen LogP) is 2.50. The summed E-state index contributed by atoms with van der Waals surface area (Å²) in [6.45, 7) is 8.40. The second-order valence-electron chi connectivity index (χ2n) is 7.46. The van der Waals surface area contributed by atoms with Crippen molar-refractivity contribution >= 4 is 6.03 Å². The minimum Gasteiger partial charge on any atom is -0.371 e. The zero-order valence-corrected chi connectivity index (χ0v) is 14.4. The molecule has 1 N–H and O–H groups in total. The highest BCUT2D eigenvalue weighted by molar-refractivity contribution is 5.74. The Balaban J connectivity index is 1.49. The molecule has 3 heterocycles. The molecular weight excluding hydrogens is 292 g/mol. The van der Waals surface area contributed by atoms with Crippen LogP contribution >= 0.6 is 0 Å². The SMILES string of the molecule is Cc1cnn([C@@H]2CCCN(C(=O)NC[C@H]3CCC(C)(C)O3)C2)c1. The van der Waals surface area contributed by atoms with Gasteiger partial charge in [0.1, 0.15) is 0 Å². The van der Waals surface area contributed by atoms with Crippen molar-refractivity contribution in [3.8, 4) is 0 Å². The van der Waals surface area contributed by atoms with E-state index < -0.39 is 0 Å². The van der Waals surface area contributed by atoms with Crippen LogP contribution in [0.5, 0.6) is 0 Å².